The van der Waals surface area contributed by atoms with Crippen LogP contribution in [-0.4, -0.2) is 22.0 Å². The molecule has 92 valence electrons. The Kier molecular flexibility index (Phi) is 3.38. The molecule has 0 spiro atoms. The van der Waals surface area contributed by atoms with Gasteiger partial charge in [0.2, 0.25) is 5.88 Å². The molecule has 0 aliphatic carbocycles. The number of halogens is 1. The molecule has 0 fully saturated rings. The van der Waals surface area contributed by atoms with E-state index in [2.05, 4.69) is 9.97 Å². The lowest BCUT2D eigenvalue weighted by Gasteiger charge is -2.03. The lowest BCUT2D eigenvalue weighted by Crippen LogP contribution is -1.94. The highest BCUT2D eigenvalue weighted by molar-refractivity contribution is 6.29. The lowest BCUT2D eigenvalue weighted by molar-refractivity contribution is -0.384. The van der Waals surface area contributed by atoms with Gasteiger partial charge in [0.05, 0.1) is 12.0 Å². The largest absolute Gasteiger partial charge is 0.481 e. The van der Waals surface area contributed by atoms with Crippen molar-refractivity contribution >= 4 is 17.3 Å². The van der Waals surface area contributed by atoms with Crippen molar-refractivity contribution in [3.8, 4) is 17.3 Å². The van der Waals surface area contributed by atoms with Crippen LogP contribution in [0.5, 0.6) is 5.88 Å². The number of methoxy groups -OCH3 is 1. The van der Waals surface area contributed by atoms with Gasteiger partial charge in [0.15, 0.2) is 5.82 Å². The minimum Gasteiger partial charge on any atom is -0.481 e. The molecule has 1 heterocycles. The van der Waals surface area contributed by atoms with Gasteiger partial charge < -0.3 is 4.74 Å². The molecule has 0 saturated carbocycles. The summed E-state index contributed by atoms with van der Waals surface area (Å²) < 4.78 is 4.98. The van der Waals surface area contributed by atoms with Crippen LogP contribution in [-0.2, 0) is 0 Å². The number of hydrogen-bond donors (Lipinski definition) is 0. The van der Waals surface area contributed by atoms with Gasteiger partial charge in [0, 0.05) is 23.8 Å². The van der Waals surface area contributed by atoms with E-state index in [4.69, 9.17) is 16.3 Å². The molecule has 0 aliphatic heterocycles. The van der Waals surface area contributed by atoms with Crippen molar-refractivity contribution in [2.24, 2.45) is 0 Å². The molecular formula is C11H8ClN3O3. The van der Waals surface area contributed by atoms with Crippen LogP contribution in [0.4, 0.5) is 5.69 Å². The molecule has 2 aromatic rings. The Labute approximate surface area is 107 Å². The highest BCUT2D eigenvalue weighted by atomic mass is 35.5. The normalized spacial score (nSPS) is 10.1. The van der Waals surface area contributed by atoms with E-state index in [0.29, 0.717) is 17.3 Å². The Hall–Kier alpha value is -2.21. The molecule has 0 radical (unpaired) electrons. The number of benzene rings is 1. The van der Waals surface area contributed by atoms with Gasteiger partial charge >= 0.3 is 0 Å². The average Bonchev–Trinajstić information content (AvgIpc) is 2.38. The number of non-ortho nitro benzene ring substituents is 1. The van der Waals surface area contributed by atoms with Crippen LogP contribution in [0.15, 0.2) is 30.3 Å². The third-order valence-electron chi connectivity index (χ3n) is 2.22. The van der Waals surface area contributed by atoms with Crippen LogP contribution in [0.2, 0.25) is 5.15 Å². The first kappa shape index (κ1) is 12.3. The maximum absolute atomic E-state index is 10.5. The summed E-state index contributed by atoms with van der Waals surface area (Å²) in [4.78, 5) is 18.2. The van der Waals surface area contributed by atoms with Crippen LogP contribution < -0.4 is 4.74 Å². The zero-order chi connectivity index (χ0) is 13.1. The van der Waals surface area contributed by atoms with Gasteiger partial charge in [0.25, 0.3) is 5.69 Å². The van der Waals surface area contributed by atoms with E-state index in [9.17, 15) is 10.1 Å². The van der Waals surface area contributed by atoms with E-state index in [-0.39, 0.29) is 10.8 Å². The van der Waals surface area contributed by atoms with Crippen molar-refractivity contribution in [2.75, 3.05) is 7.11 Å². The first-order chi connectivity index (χ1) is 8.60. The second kappa shape index (κ2) is 4.97. The van der Waals surface area contributed by atoms with Crippen molar-refractivity contribution in [3.05, 3.63) is 45.6 Å². The summed E-state index contributed by atoms with van der Waals surface area (Å²) in [6.45, 7) is 0. The molecule has 2 rings (SSSR count). The van der Waals surface area contributed by atoms with Gasteiger partial charge in [-0.05, 0) is 12.1 Å². The number of rotatable bonds is 3. The zero-order valence-electron chi connectivity index (χ0n) is 9.33. The van der Waals surface area contributed by atoms with Crippen molar-refractivity contribution in [3.63, 3.8) is 0 Å². The Morgan fingerprint density at radius 1 is 1.28 bits per heavy atom. The molecule has 7 heteroatoms. The summed E-state index contributed by atoms with van der Waals surface area (Å²) >= 11 is 5.82. The molecule has 0 bridgehead atoms. The summed E-state index contributed by atoms with van der Waals surface area (Å²) in [5, 5.41) is 10.8. The maximum Gasteiger partial charge on any atom is 0.269 e. The minimum absolute atomic E-state index is 0.00717. The third kappa shape index (κ3) is 2.54. The van der Waals surface area contributed by atoms with Crippen molar-refractivity contribution in [1.29, 1.82) is 0 Å². The minimum atomic E-state index is -0.469. The Morgan fingerprint density at radius 2 is 1.94 bits per heavy atom. The van der Waals surface area contributed by atoms with E-state index in [1.54, 1.807) is 12.1 Å². The molecular weight excluding hydrogens is 258 g/mol. The first-order valence-electron chi connectivity index (χ1n) is 4.93. The first-order valence-corrected chi connectivity index (χ1v) is 5.31. The molecule has 0 atom stereocenters. The van der Waals surface area contributed by atoms with E-state index in [1.807, 2.05) is 0 Å². The van der Waals surface area contributed by atoms with Gasteiger partial charge in [-0.2, -0.15) is 4.98 Å². The number of hydrogen-bond acceptors (Lipinski definition) is 5. The van der Waals surface area contributed by atoms with Crippen molar-refractivity contribution in [1.82, 2.24) is 9.97 Å². The fourth-order valence-corrected chi connectivity index (χ4v) is 1.54. The van der Waals surface area contributed by atoms with Gasteiger partial charge in [-0.15, -0.1) is 0 Å². The van der Waals surface area contributed by atoms with Gasteiger partial charge in [-0.25, -0.2) is 4.98 Å². The highest BCUT2D eigenvalue weighted by Crippen LogP contribution is 2.23. The summed E-state index contributed by atoms with van der Waals surface area (Å²) in [5.74, 6) is 0.692. The number of nitro benzene ring substituents is 1. The second-order valence-electron chi connectivity index (χ2n) is 3.36. The van der Waals surface area contributed by atoms with E-state index in [0.717, 1.165) is 0 Å². The Bertz CT molecular complexity index is 587. The fourth-order valence-electron chi connectivity index (χ4n) is 1.36. The predicted octanol–water partition coefficient (Wildman–Crippen LogP) is 2.71. The van der Waals surface area contributed by atoms with E-state index < -0.39 is 4.92 Å². The molecule has 0 amide bonds. The smallest absolute Gasteiger partial charge is 0.269 e. The Morgan fingerprint density at radius 3 is 2.50 bits per heavy atom. The monoisotopic (exact) mass is 265 g/mol. The van der Waals surface area contributed by atoms with Gasteiger partial charge in [0.1, 0.15) is 5.15 Å². The number of nitrogens with zero attached hydrogens (tertiary/aromatic N) is 3. The highest BCUT2D eigenvalue weighted by Gasteiger charge is 2.09. The second-order valence-corrected chi connectivity index (χ2v) is 3.75. The molecule has 0 unspecified atom stereocenters. The molecule has 1 aromatic heterocycles. The SMILES string of the molecule is COc1cc(Cl)nc(-c2ccc([N+](=O)[O-])cc2)n1. The molecule has 6 nitrogen and oxygen atoms in total. The maximum atomic E-state index is 10.5. The van der Waals surface area contributed by atoms with Crippen LogP contribution >= 0.6 is 11.6 Å². The van der Waals surface area contributed by atoms with Crippen LogP contribution in [0.1, 0.15) is 0 Å². The third-order valence-corrected chi connectivity index (χ3v) is 2.41. The van der Waals surface area contributed by atoms with E-state index >= 15 is 0 Å². The lowest BCUT2D eigenvalue weighted by atomic mass is 10.2. The van der Waals surface area contributed by atoms with Gasteiger partial charge in [-0.3, -0.25) is 10.1 Å². The summed E-state index contributed by atoms with van der Waals surface area (Å²) in [7, 11) is 1.47. The van der Waals surface area contributed by atoms with Crippen LogP contribution in [0.25, 0.3) is 11.4 Å². The molecule has 1 aromatic carbocycles. The number of nitro groups is 1. The zero-order valence-corrected chi connectivity index (χ0v) is 10.1. The van der Waals surface area contributed by atoms with Crippen LogP contribution in [0, 0.1) is 10.1 Å². The quantitative estimate of drug-likeness (QED) is 0.484. The summed E-state index contributed by atoms with van der Waals surface area (Å²) in [6, 6.07) is 7.36. The van der Waals surface area contributed by atoms with Crippen LogP contribution in [0.3, 0.4) is 0 Å². The average molecular weight is 266 g/mol. The topological polar surface area (TPSA) is 78.2 Å². The number of ether oxygens (including phenoxy) is 1. The standard InChI is InChI=1S/C11H8ClN3O3/c1-18-10-6-9(12)13-11(14-10)7-2-4-8(5-3-7)15(16)17/h2-6H,1H3. The Balaban J connectivity index is 2.42. The molecule has 0 N–H and O–H groups in total. The number of aromatic nitrogens is 2. The summed E-state index contributed by atoms with van der Waals surface area (Å²) in [5.41, 5.74) is 0.633. The fraction of sp³-hybridized carbons (Fsp3) is 0.0909. The molecule has 18 heavy (non-hydrogen) atoms. The summed E-state index contributed by atoms with van der Waals surface area (Å²) in [6.07, 6.45) is 0. The van der Waals surface area contributed by atoms with Crippen molar-refractivity contribution < 1.29 is 9.66 Å². The predicted molar refractivity (Wildman–Crippen MR) is 65.7 cm³/mol. The molecule has 0 saturated heterocycles. The van der Waals surface area contributed by atoms with Crippen molar-refractivity contribution in [2.45, 2.75) is 0 Å². The van der Waals surface area contributed by atoms with Gasteiger partial charge in [-0.1, -0.05) is 11.6 Å². The van der Waals surface area contributed by atoms with E-state index in [1.165, 1.54) is 25.3 Å². The molecule has 0 aliphatic rings.